The van der Waals surface area contributed by atoms with Crippen molar-refractivity contribution in [3.05, 3.63) is 107 Å². The Labute approximate surface area is 249 Å². The van der Waals surface area contributed by atoms with Crippen LogP contribution in [0.1, 0.15) is 40.2 Å². The number of rotatable bonds is 8. The molecule has 1 atom stereocenters. The molecule has 220 valence electrons. The van der Waals surface area contributed by atoms with E-state index in [9.17, 15) is 27.3 Å². The number of hydrogen-bond donors (Lipinski definition) is 2. The molecule has 1 aliphatic carbocycles. The Morgan fingerprint density at radius 1 is 1.02 bits per heavy atom. The number of nitrogens with zero attached hydrogens (tertiary/aromatic N) is 3. The molecule has 2 aromatic heterocycles. The number of halogens is 4. The Morgan fingerprint density at radius 2 is 1.72 bits per heavy atom. The molecule has 3 N–H and O–H groups in total. The number of hydrogen-bond acceptors (Lipinski definition) is 5. The van der Waals surface area contributed by atoms with Crippen molar-refractivity contribution in [3.8, 4) is 27.5 Å². The molecule has 0 amide bonds. The van der Waals surface area contributed by atoms with Gasteiger partial charge in [-0.2, -0.15) is 18.3 Å². The summed E-state index contributed by atoms with van der Waals surface area (Å²) >= 11 is 0.851. The van der Waals surface area contributed by atoms with Crippen molar-refractivity contribution in [2.24, 2.45) is 5.14 Å². The summed E-state index contributed by atoms with van der Waals surface area (Å²) in [4.78, 5) is 15.7. The minimum Gasteiger partial charge on any atom is -0.476 e. The zero-order valence-electron chi connectivity index (χ0n) is 22.1. The van der Waals surface area contributed by atoms with Gasteiger partial charge in [0.1, 0.15) is 22.2 Å². The van der Waals surface area contributed by atoms with Gasteiger partial charge < -0.3 is 5.11 Å². The van der Waals surface area contributed by atoms with E-state index in [1.807, 2.05) is 36.4 Å². The van der Waals surface area contributed by atoms with Gasteiger partial charge in [-0.15, -0.1) is 11.3 Å². The highest BCUT2D eigenvalue weighted by molar-refractivity contribution is 7.82. The minimum absolute atomic E-state index is 0.0332. The van der Waals surface area contributed by atoms with Crippen LogP contribution >= 0.6 is 11.3 Å². The van der Waals surface area contributed by atoms with Gasteiger partial charge in [-0.3, -0.25) is 0 Å². The molecule has 13 heteroatoms. The Hall–Kier alpha value is -4.20. The third-order valence-electron chi connectivity index (χ3n) is 7.49. The predicted molar refractivity (Wildman–Crippen MR) is 154 cm³/mol. The molecule has 6 rings (SSSR count). The molecule has 5 aromatic rings. The van der Waals surface area contributed by atoms with Crippen LogP contribution in [0.3, 0.4) is 0 Å². The van der Waals surface area contributed by atoms with Gasteiger partial charge in [0.25, 0.3) is 0 Å². The number of carbonyl (C=O) groups is 1. The third-order valence-corrected chi connectivity index (χ3v) is 9.02. The number of nitrogens with two attached hydrogens (primary N) is 1. The van der Waals surface area contributed by atoms with E-state index in [0.29, 0.717) is 5.56 Å². The molecule has 3 aromatic carbocycles. The molecule has 43 heavy (non-hydrogen) atoms. The number of carboxylic acids is 1. The second kappa shape index (κ2) is 10.8. The van der Waals surface area contributed by atoms with Gasteiger partial charge in [-0.05, 0) is 47.7 Å². The molecule has 1 aliphatic rings. The molecular formula is C30H22F4N4O3S2. The van der Waals surface area contributed by atoms with Crippen LogP contribution in [0.5, 0.6) is 0 Å². The molecule has 1 saturated carbocycles. The Morgan fingerprint density at radius 3 is 2.33 bits per heavy atom. The summed E-state index contributed by atoms with van der Waals surface area (Å²) in [6.07, 6.45) is -5.39. The molecule has 1 fully saturated rings. The lowest BCUT2D eigenvalue weighted by Crippen LogP contribution is -2.32. The van der Waals surface area contributed by atoms with Crippen LogP contribution < -0.4 is 5.14 Å². The molecule has 0 bridgehead atoms. The van der Waals surface area contributed by atoms with Crippen molar-refractivity contribution in [1.82, 2.24) is 14.8 Å². The number of aromatic carboxylic acids is 1. The number of carboxylic acid groups (broad SMARTS) is 1. The largest absolute Gasteiger partial charge is 0.476 e. The molecule has 1 unspecified atom stereocenters. The van der Waals surface area contributed by atoms with E-state index in [0.717, 1.165) is 33.2 Å². The van der Waals surface area contributed by atoms with Gasteiger partial charge in [0.2, 0.25) is 5.13 Å². The second-order valence-corrected chi connectivity index (χ2v) is 12.1. The number of benzene rings is 3. The average Bonchev–Trinajstić information content (AvgIpc) is 3.49. The maximum absolute atomic E-state index is 15.3. The lowest BCUT2D eigenvalue weighted by atomic mass is 9.90. The van der Waals surface area contributed by atoms with Crippen LogP contribution in [0.25, 0.3) is 27.5 Å². The fourth-order valence-corrected chi connectivity index (χ4v) is 6.36. The van der Waals surface area contributed by atoms with Gasteiger partial charge in [0.05, 0.1) is 16.3 Å². The molecule has 0 spiro atoms. The van der Waals surface area contributed by atoms with Crippen molar-refractivity contribution >= 4 is 28.3 Å². The Kier molecular flexibility index (Phi) is 7.27. The van der Waals surface area contributed by atoms with E-state index in [1.165, 1.54) is 17.5 Å². The van der Waals surface area contributed by atoms with Crippen molar-refractivity contribution in [1.29, 1.82) is 0 Å². The highest BCUT2D eigenvalue weighted by Crippen LogP contribution is 2.61. The maximum atomic E-state index is 15.3. The molecule has 2 heterocycles. The maximum Gasteiger partial charge on any atom is 0.399 e. The van der Waals surface area contributed by atoms with E-state index in [4.69, 9.17) is 5.14 Å². The molecule has 0 aliphatic heterocycles. The summed E-state index contributed by atoms with van der Waals surface area (Å²) in [6.45, 7) is 0. The van der Waals surface area contributed by atoms with Crippen molar-refractivity contribution < 1.29 is 31.7 Å². The highest BCUT2D eigenvalue weighted by Gasteiger charge is 2.67. The monoisotopic (exact) mass is 626 g/mol. The summed E-state index contributed by atoms with van der Waals surface area (Å²) in [5.41, 5.74) is -0.296. The highest BCUT2D eigenvalue weighted by atomic mass is 32.2. The first-order chi connectivity index (χ1) is 20.5. The van der Waals surface area contributed by atoms with E-state index in [2.05, 4.69) is 10.1 Å². The van der Waals surface area contributed by atoms with E-state index in [1.54, 1.807) is 18.2 Å². The first kappa shape index (κ1) is 28.9. The zero-order valence-corrected chi connectivity index (χ0v) is 23.8. The first-order valence-electron chi connectivity index (χ1n) is 13.0. The van der Waals surface area contributed by atoms with E-state index < -0.39 is 34.4 Å². The fraction of sp³-hybridized carbons (Fsp3) is 0.167. The van der Waals surface area contributed by atoms with Gasteiger partial charge in [-0.25, -0.2) is 28.2 Å². The summed E-state index contributed by atoms with van der Waals surface area (Å²) in [7, 11) is -1.95. The van der Waals surface area contributed by atoms with Gasteiger partial charge in [0.15, 0.2) is 5.69 Å². The summed E-state index contributed by atoms with van der Waals surface area (Å²) in [5, 5.41) is 20.6. The lowest BCUT2D eigenvalue weighted by molar-refractivity contribution is -0.162. The molecular weight excluding hydrogens is 604 g/mol. The predicted octanol–water partition coefficient (Wildman–Crippen LogP) is 6.67. The average molecular weight is 627 g/mol. The lowest BCUT2D eigenvalue weighted by Gasteiger charge is -2.22. The van der Waals surface area contributed by atoms with Crippen LogP contribution in [-0.2, 0) is 22.8 Å². The molecule has 0 radical (unpaired) electrons. The van der Waals surface area contributed by atoms with Crippen molar-refractivity contribution in [3.63, 3.8) is 0 Å². The fourth-order valence-electron chi connectivity index (χ4n) is 5.18. The SMILES string of the molecule is NS(=O)c1ccc(Cc2c(-c3cccc(-c4ccccc4)c3)nn(-c3nc(C(=O)O)cs3)c2C2(C(F)(F)F)CC2)c(F)c1. The second-order valence-electron chi connectivity index (χ2n) is 10.2. The minimum atomic E-state index is -4.67. The van der Waals surface area contributed by atoms with Crippen LogP contribution in [0.15, 0.2) is 83.1 Å². The number of aromatic nitrogens is 3. The van der Waals surface area contributed by atoms with E-state index in [-0.39, 0.29) is 57.5 Å². The summed E-state index contributed by atoms with van der Waals surface area (Å²) in [5.74, 6) is -2.11. The molecule has 0 saturated heterocycles. The third kappa shape index (κ3) is 5.28. The van der Waals surface area contributed by atoms with Crippen molar-refractivity contribution in [2.75, 3.05) is 0 Å². The van der Waals surface area contributed by atoms with Gasteiger partial charge >= 0.3 is 12.1 Å². The molecule has 7 nitrogen and oxygen atoms in total. The summed E-state index contributed by atoms with van der Waals surface area (Å²) < 4.78 is 72.4. The van der Waals surface area contributed by atoms with Crippen LogP contribution in [0, 0.1) is 5.82 Å². The van der Waals surface area contributed by atoms with E-state index >= 15 is 4.39 Å². The Bertz CT molecular complexity index is 1880. The quantitative estimate of drug-likeness (QED) is 0.187. The number of alkyl halides is 3. The van der Waals surface area contributed by atoms with Crippen LogP contribution in [0.2, 0.25) is 0 Å². The summed E-state index contributed by atoms with van der Waals surface area (Å²) in [6, 6.07) is 20.2. The van der Waals surface area contributed by atoms with Gasteiger partial charge in [-0.1, -0.05) is 54.6 Å². The smallest absolute Gasteiger partial charge is 0.399 e. The van der Waals surface area contributed by atoms with Gasteiger partial charge in [0, 0.05) is 22.9 Å². The first-order valence-corrected chi connectivity index (χ1v) is 15.1. The Balaban J connectivity index is 1.62. The topological polar surface area (TPSA) is 111 Å². The normalized spacial score (nSPS) is 14.9. The van der Waals surface area contributed by atoms with Crippen molar-refractivity contribution in [2.45, 2.75) is 35.7 Å². The van der Waals surface area contributed by atoms with Crippen LogP contribution in [0.4, 0.5) is 17.6 Å². The van der Waals surface area contributed by atoms with Crippen LogP contribution in [-0.4, -0.2) is 36.2 Å². The zero-order chi connectivity index (χ0) is 30.5. The number of thiazole rings is 1. The standard InChI is InChI=1S/C30H22F4N4O3S2/c31-23-15-21(43(35)41)10-9-19(23)14-22-25(20-8-4-7-18(13-20)17-5-2-1-3-6-17)37-38(28-36-24(16-42-28)27(39)40)26(22)29(11-12-29)30(32,33)34/h1-10,13,15-16H,11-12,14,35H2,(H,39,40).